The lowest BCUT2D eigenvalue weighted by Crippen LogP contribution is -2.44. The molecule has 17 heavy (non-hydrogen) atoms. The van der Waals surface area contributed by atoms with Crippen LogP contribution in [-0.4, -0.2) is 53.0 Å². The largest absolute Gasteiger partial charge is 0.481 e. The molecule has 0 aromatic carbocycles. The Kier molecular flexibility index (Phi) is 4.76. The number of likely N-dealkylation sites (tertiary alicyclic amines) is 1. The number of hydrogen-bond donors (Lipinski definition) is 2. The second-order valence-corrected chi connectivity index (χ2v) is 4.39. The Labute approximate surface area is 97.0 Å². The SMILES string of the molecule is O=C(O)CC(O)CN1CCCC(C(F)(F)F)C1. The number of β-amino-alcohol motifs (C(OH)–C–C–N with tert-alkyl or cyclic N) is 1. The molecule has 0 bridgehead atoms. The van der Waals surface area contributed by atoms with E-state index in [4.69, 9.17) is 5.11 Å². The van der Waals surface area contributed by atoms with Gasteiger partial charge in [-0.25, -0.2) is 0 Å². The van der Waals surface area contributed by atoms with Gasteiger partial charge in [-0.3, -0.25) is 4.79 Å². The van der Waals surface area contributed by atoms with Gasteiger partial charge in [0.1, 0.15) is 0 Å². The fraction of sp³-hybridized carbons (Fsp3) is 0.900. The number of carbonyl (C=O) groups is 1. The molecule has 0 saturated carbocycles. The monoisotopic (exact) mass is 255 g/mol. The minimum atomic E-state index is -4.21. The smallest absolute Gasteiger partial charge is 0.393 e. The number of piperidine rings is 1. The summed E-state index contributed by atoms with van der Waals surface area (Å²) in [6, 6.07) is 0. The number of halogens is 3. The lowest BCUT2D eigenvalue weighted by molar-refractivity contribution is -0.187. The van der Waals surface area contributed by atoms with Gasteiger partial charge in [0.15, 0.2) is 0 Å². The van der Waals surface area contributed by atoms with E-state index in [0.29, 0.717) is 13.0 Å². The Bertz CT molecular complexity index is 270. The van der Waals surface area contributed by atoms with E-state index >= 15 is 0 Å². The molecule has 0 aliphatic carbocycles. The molecule has 0 spiro atoms. The molecule has 2 atom stereocenters. The zero-order chi connectivity index (χ0) is 13.1. The van der Waals surface area contributed by atoms with Crippen LogP contribution in [0.15, 0.2) is 0 Å². The van der Waals surface area contributed by atoms with Crippen LogP contribution in [0.2, 0.25) is 0 Å². The quantitative estimate of drug-likeness (QED) is 0.789. The standard InChI is InChI=1S/C10H16F3NO3/c11-10(12,13)7-2-1-3-14(5-7)6-8(15)4-9(16)17/h7-8,15H,1-6H2,(H,16,17). The predicted octanol–water partition coefficient (Wildman–Crippen LogP) is 1.10. The van der Waals surface area contributed by atoms with Crippen LogP contribution in [0.1, 0.15) is 19.3 Å². The van der Waals surface area contributed by atoms with E-state index in [2.05, 4.69) is 0 Å². The molecule has 4 nitrogen and oxygen atoms in total. The summed E-state index contributed by atoms with van der Waals surface area (Å²) < 4.78 is 37.4. The van der Waals surface area contributed by atoms with E-state index < -0.39 is 30.6 Å². The number of alkyl halides is 3. The van der Waals surface area contributed by atoms with Crippen molar-refractivity contribution in [1.82, 2.24) is 4.90 Å². The lowest BCUT2D eigenvalue weighted by Gasteiger charge is -2.34. The van der Waals surface area contributed by atoms with Crippen LogP contribution in [0, 0.1) is 5.92 Å². The number of aliphatic hydroxyl groups excluding tert-OH is 1. The zero-order valence-corrected chi connectivity index (χ0v) is 9.28. The Morgan fingerprint density at radius 1 is 1.47 bits per heavy atom. The summed E-state index contributed by atoms with van der Waals surface area (Å²) in [6.07, 6.45) is -5.23. The topological polar surface area (TPSA) is 60.8 Å². The van der Waals surface area contributed by atoms with Gasteiger partial charge in [-0.2, -0.15) is 13.2 Å². The van der Waals surface area contributed by atoms with Crippen molar-refractivity contribution in [3.63, 3.8) is 0 Å². The third-order valence-corrected chi connectivity index (χ3v) is 2.85. The van der Waals surface area contributed by atoms with Gasteiger partial charge in [0.2, 0.25) is 0 Å². The highest BCUT2D eigenvalue weighted by Gasteiger charge is 2.41. The van der Waals surface area contributed by atoms with Gasteiger partial charge in [-0.15, -0.1) is 0 Å². The van der Waals surface area contributed by atoms with Gasteiger partial charge in [0.25, 0.3) is 0 Å². The van der Waals surface area contributed by atoms with Crippen molar-refractivity contribution in [2.24, 2.45) is 5.92 Å². The van der Waals surface area contributed by atoms with E-state index in [0.717, 1.165) is 0 Å². The number of rotatable bonds is 4. The molecule has 0 radical (unpaired) electrons. The van der Waals surface area contributed by atoms with Crippen molar-refractivity contribution in [3.05, 3.63) is 0 Å². The summed E-state index contributed by atoms with van der Waals surface area (Å²) in [4.78, 5) is 11.8. The molecule has 7 heteroatoms. The molecule has 2 unspecified atom stereocenters. The van der Waals surface area contributed by atoms with Gasteiger partial charge in [0, 0.05) is 13.1 Å². The predicted molar refractivity (Wildman–Crippen MR) is 53.5 cm³/mol. The Hall–Kier alpha value is -0.820. The van der Waals surface area contributed by atoms with Crippen LogP contribution in [0.25, 0.3) is 0 Å². The Balaban J connectivity index is 2.42. The van der Waals surface area contributed by atoms with E-state index in [9.17, 15) is 23.1 Å². The molecule has 1 rings (SSSR count). The molecule has 100 valence electrons. The van der Waals surface area contributed by atoms with E-state index in [-0.39, 0.29) is 19.5 Å². The molecule has 1 saturated heterocycles. The van der Waals surface area contributed by atoms with Crippen LogP contribution < -0.4 is 0 Å². The van der Waals surface area contributed by atoms with Crippen molar-refractivity contribution in [2.75, 3.05) is 19.6 Å². The number of hydrogen-bond acceptors (Lipinski definition) is 3. The first-order valence-electron chi connectivity index (χ1n) is 5.48. The summed E-state index contributed by atoms with van der Waals surface area (Å²) in [7, 11) is 0. The maximum Gasteiger partial charge on any atom is 0.393 e. The van der Waals surface area contributed by atoms with Gasteiger partial charge in [-0.05, 0) is 19.4 Å². The average molecular weight is 255 g/mol. The first-order chi connectivity index (χ1) is 7.79. The van der Waals surface area contributed by atoms with E-state index in [1.165, 1.54) is 4.90 Å². The fourth-order valence-electron chi connectivity index (χ4n) is 2.05. The molecule has 1 heterocycles. The maximum absolute atomic E-state index is 12.5. The molecule has 1 aliphatic rings. The highest BCUT2D eigenvalue weighted by atomic mass is 19.4. The number of carboxylic acid groups (broad SMARTS) is 1. The molecular formula is C10H16F3NO3. The lowest BCUT2D eigenvalue weighted by atomic mass is 9.97. The van der Waals surface area contributed by atoms with Crippen molar-refractivity contribution in [2.45, 2.75) is 31.5 Å². The molecule has 2 N–H and O–H groups in total. The molecule has 0 amide bonds. The second kappa shape index (κ2) is 5.68. The van der Waals surface area contributed by atoms with E-state index in [1.807, 2.05) is 0 Å². The number of nitrogens with zero attached hydrogens (tertiary/aromatic N) is 1. The average Bonchev–Trinajstić information content (AvgIpc) is 2.15. The van der Waals surface area contributed by atoms with Crippen molar-refractivity contribution in [3.8, 4) is 0 Å². The van der Waals surface area contributed by atoms with Crippen molar-refractivity contribution in [1.29, 1.82) is 0 Å². The number of carboxylic acids is 1. The summed E-state index contributed by atoms with van der Waals surface area (Å²) in [5.74, 6) is -2.52. The highest BCUT2D eigenvalue weighted by molar-refractivity contribution is 5.67. The van der Waals surface area contributed by atoms with Gasteiger partial charge < -0.3 is 15.1 Å². The summed E-state index contributed by atoms with van der Waals surface area (Å²) >= 11 is 0. The minimum Gasteiger partial charge on any atom is -0.481 e. The van der Waals surface area contributed by atoms with Crippen LogP contribution in [0.4, 0.5) is 13.2 Å². The van der Waals surface area contributed by atoms with Gasteiger partial charge >= 0.3 is 12.1 Å². The van der Waals surface area contributed by atoms with Crippen LogP contribution >= 0.6 is 0 Å². The summed E-state index contributed by atoms with van der Waals surface area (Å²) in [5.41, 5.74) is 0. The second-order valence-electron chi connectivity index (χ2n) is 4.39. The normalized spacial score (nSPS) is 24.6. The first-order valence-corrected chi connectivity index (χ1v) is 5.48. The highest BCUT2D eigenvalue weighted by Crippen LogP contribution is 2.33. The number of aliphatic hydroxyl groups is 1. The van der Waals surface area contributed by atoms with Crippen molar-refractivity contribution >= 4 is 5.97 Å². The van der Waals surface area contributed by atoms with E-state index in [1.54, 1.807) is 0 Å². The van der Waals surface area contributed by atoms with Crippen LogP contribution in [-0.2, 0) is 4.79 Å². The maximum atomic E-state index is 12.5. The summed E-state index contributed by atoms with van der Waals surface area (Å²) in [5, 5.41) is 17.8. The fourth-order valence-corrected chi connectivity index (χ4v) is 2.05. The molecule has 1 fully saturated rings. The summed E-state index contributed by atoms with van der Waals surface area (Å²) in [6.45, 7) is 0.308. The third kappa shape index (κ3) is 4.91. The van der Waals surface area contributed by atoms with Gasteiger partial charge in [0.05, 0.1) is 18.4 Å². The minimum absolute atomic E-state index is 0.0150. The van der Waals surface area contributed by atoms with Gasteiger partial charge in [-0.1, -0.05) is 0 Å². The zero-order valence-electron chi connectivity index (χ0n) is 9.28. The molecule has 0 aromatic rings. The Morgan fingerprint density at radius 3 is 2.65 bits per heavy atom. The van der Waals surface area contributed by atoms with Crippen LogP contribution in [0.5, 0.6) is 0 Å². The number of aliphatic carboxylic acids is 1. The Morgan fingerprint density at radius 2 is 2.12 bits per heavy atom. The first kappa shape index (κ1) is 14.2. The van der Waals surface area contributed by atoms with Crippen molar-refractivity contribution < 1.29 is 28.2 Å². The molecule has 0 aromatic heterocycles. The van der Waals surface area contributed by atoms with Crippen LogP contribution in [0.3, 0.4) is 0 Å². The molecule has 1 aliphatic heterocycles. The molecular weight excluding hydrogens is 239 g/mol. The third-order valence-electron chi connectivity index (χ3n) is 2.85.